The summed E-state index contributed by atoms with van der Waals surface area (Å²) < 4.78 is 0.833. The molecule has 1 atom stereocenters. The van der Waals surface area contributed by atoms with Crippen molar-refractivity contribution in [1.29, 1.82) is 0 Å². The van der Waals surface area contributed by atoms with Crippen molar-refractivity contribution < 1.29 is 14.7 Å². The summed E-state index contributed by atoms with van der Waals surface area (Å²) in [5.41, 5.74) is 0. The summed E-state index contributed by atoms with van der Waals surface area (Å²) in [4.78, 5) is 28.4. The number of piperidine rings is 1. The summed E-state index contributed by atoms with van der Waals surface area (Å²) in [6, 6.07) is -0.289. The topological polar surface area (TPSA) is 82.5 Å². The number of carbonyl (C=O) groups excluding carboxylic acids is 1. The van der Waals surface area contributed by atoms with E-state index in [1.165, 1.54) is 16.2 Å². The normalized spacial score (nSPS) is 19.6. The lowest BCUT2D eigenvalue weighted by atomic mass is 9.99. The molecule has 1 fully saturated rings. The zero-order valence-electron chi connectivity index (χ0n) is 9.43. The predicted octanol–water partition coefficient (Wildman–Crippen LogP) is 2.23. The van der Waals surface area contributed by atoms with Gasteiger partial charge >= 0.3 is 12.0 Å². The molecule has 0 spiro atoms. The van der Waals surface area contributed by atoms with Crippen LogP contribution in [0, 0.1) is 5.92 Å². The minimum absolute atomic E-state index is 0.258. The Morgan fingerprint density at radius 1 is 1.61 bits per heavy atom. The summed E-state index contributed by atoms with van der Waals surface area (Å²) in [6.45, 7) is 0.843. The van der Waals surface area contributed by atoms with Crippen LogP contribution in [-0.2, 0) is 4.79 Å². The smallest absolute Gasteiger partial charge is 0.323 e. The van der Waals surface area contributed by atoms with Crippen LogP contribution < -0.4 is 5.32 Å². The molecular formula is C10H12BrN3O3S. The molecule has 0 bridgehead atoms. The number of urea groups is 1. The first-order valence-electron chi connectivity index (χ1n) is 5.46. The Morgan fingerprint density at radius 2 is 2.39 bits per heavy atom. The number of carboxylic acids is 1. The van der Waals surface area contributed by atoms with Gasteiger partial charge in [0.2, 0.25) is 0 Å². The van der Waals surface area contributed by atoms with Crippen LogP contribution >= 0.6 is 27.3 Å². The average Bonchev–Trinajstić information content (AvgIpc) is 2.75. The molecule has 2 heterocycles. The minimum atomic E-state index is -0.843. The summed E-state index contributed by atoms with van der Waals surface area (Å²) in [6.07, 6.45) is 2.95. The number of nitrogens with zero attached hydrogens (tertiary/aromatic N) is 2. The van der Waals surface area contributed by atoms with Crippen molar-refractivity contribution in [3.8, 4) is 0 Å². The van der Waals surface area contributed by atoms with E-state index in [0.29, 0.717) is 24.5 Å². The highest BCUT2D eigenvalue weighted by Crippen LogP contribution is 2.24. The lowest BCUT2D eigenvalue weighted by molar-refractivity contribution is -0.143. The van der Waals surface area contributed by atoms with Crippen LogP contribution in [0.5, 0.6) is 0 Å². The number of aliphatic carboxylic acids is 1. The van der Waals surface area contributed by atoms with E-state index in [2.05, 4.69) is 26.2 Å². The number of aromatic nitrogens is 1. The average molecular weight is 334 g/mol. The molecule has 1 aromatic heterocycles. The molecule has 1 aliphatic rings. The quantitative estimate of drug-likeness (QED) is 0.869. The third-order valence-electron chi connectivity index (χ3n) is 2.75. The number of hydrogen-bond acceptors (Lipinski definition) is 4. The molecule has 98 valence electrons. The molecule has 0 aliphatic carbocycles. The van der Waals surface area contributed by atoms with Crippen LogP contribution in [0.4, 0.5) is 9.93 Å². The SMILES string of the molecule is O=C(O)[C@H]1CCCN(C(=O)Nc2ncc(Br)s2)C1. The Bertz CT molecular complexity index is 465. The van der Waals surface area contributed by atoms with Gasteiger partial charge in [-0.1, -0.05) is 11.3 Å². The van der Waals surface area contributed by atoms with Crippen LogP contribution in [0.15, 0.2) is 9.98 Å². The molecule has 2 rings (SSSR count). The fraction of sp³-hybridized carbons (Fsp3) is 0.500. The Hall–Kier alpha value is -1.15. The van der Waals surface area contributed by atoms with Gasteiger partial charge in [-0.3, -0.25) is 10.1 Å². The van der Waals surface area contributed by atoms with Crippen molar-refractivity contribution in [3.05, 3.63) is 9.98 Å². The second-order valence-corrected chi connectivity index (χ2v) is 6.43. The van der Waals surface area contributed by atoms with E-state index in [9.17, 15) is 9.59 Å². The predicted molar refractivity (Wildman–Crippen MR) is 70.8 cm³/mol. The van der Waals surface area contributed by atoms with E-state index in [4.69, 9.17) is 5.11 Å². The largest absolute Gasteiger partial charge is 0.481 e. The number of nitrogens with one attached hydrogen (secondary N) is 1. The van der Waals surface area contributed by atoms with E-state index in [1.54, 1.807) is 6.20 Å². The second-order valence-electron chi connectivity index (χ2n) is 4.02. The molecule has 2 amide bonds. The first kappa shape index (κ1) is 13.3. The molecule has 6 nitrogen and oxygen atoms in total. The Morgan fingerprint density at radius 3 is 3.00 bits per heavy atom. The van der Waals surface area contributed by atoms with E-state index < -0.39 is 11.9 Å². The lowest BCUT2D eigenvalue weighted by Crippen LogP contribution is -2.44. The number of rotatable bonds is 2. The Balaban J connectivity index is 1.94. The highest BCUT2D eigenvalue weighted by molar-refractivity contribution is 9.11. The van der Waals surface area contributed by atoms with Crippen molar-refractivity contribution in [2.75, 3.05) is 18.4 Å². The Labute approximate surface area is 116 Å². The maximum absolute atomic E-state index is 11.9. The van der Waals surface area contributed by atoms with Gasteiger partial charge in [0.1, 0.15) is 0 Å². The third kappa shape index (κ3) is 3.20. The summed E-state index contributed by atoms with van der Waals surface area (Å²) >= 11 is 4.58. The third-order valence-corrected chi connectivity index (χ3v) is 4.14. The molecule has 18 heavy (non-hydrogen) atoms. The van der Waals surface area contributed by atoms with Crippen molar-refractivity contribution >= 4 is 44.4 Å². The first-order chi connectivity index (χ1) is 8.56. The van der Waals surface area contributed by atoms with E-state index in [-0.39, 0.29) is 12.6 Å². The van der Waals surface area contributed by atoms with Crippen LogP contribution in [0.2, 0.25) is 0 Å². The number of carboxylic acid groups (broad SMARTS) is 1. The number of thiazole rings is 1. The minimum Gasteiger partial charge on any atom is -0.481 e. The summed E-state index contributed by atoms with van der Waals surface area (Å²) in [5, 5.41) is 12.1. The van der Waals surface area contributed by atoms with Crippen molar-refractivity contribution in [2.45, 2.75) is 12.8 Å². The maximum atomic E-state index is 11.9. The van der Waals surface area contributed by atoms with Gasteiger partial charge in [0.15, 0.2) is 5.13 Å². The van der Waals surface area contributed by atoms with Crippen LogP contribution in [0.3, 0.4) is 0 Å². The molecule has 8 heteroatoms. The van der Waals surface area contributed by atoms with Gasteiger partial charge in [-0.15, -0.1) is 0 Å². The van der Waals surface area contributed by atoms with Crippen molar-refractivity contribution in [1.82, 2.24) is 9.88 Å². The van der Waals surface area contributed by atoms with Gasteiger partial charge in [0.05, 0.1) is 15.9 Å². The number of amides is 2. The number of hydrogen-bond donors (Lipinski definition) is 2. The Kier molecular flexibility index (Phi) is 4.18. The highest BCUT2D eigenvalue weighted by Gasteiger charge is 2.28. The first-order valence-corrected chi connectivity index (χ1v) is 7.07. The van der Waals surface area contributed by atoms with Crippen molar-refractivity contribution in [3.63, 3.8) is 0 Å². The van der Waals surface area contributed by atoms with Gasteiger partial charge in [0, 0.05) is 13.1 Å². The second kappa shape index (κ2) is 5.66. The molecule has 0 aromatic carbocycles. The zero-order valence-corrected chi connectivity index (χ0v) is 11.8. The fourth-order valence-corrected chi connectivity index (χ4v) is 2.94. The molecule has 0 unspecified atom stereocenters. The molecule has 1 aromatic rings. The molecule has 0 radical (unpaired) electrons. The van der Waals surface area contributed by atoms with E-state index >= 15 is 0 Å². The molecular weight excluding hydrogens is 322 g/mol. The lowest BCUT2D eigenvalue weighted by Gasteiger charge is -2.30. The summed E-state index contributed by atoms with van der Waals surface area (Å²) in [5.74, 6) is -1.31. The van der Waals surface area contributed by atoms with Crippen LogP contribution in [0.1, 0.15) is 12.8 Å². The monoisotopic (exact) mass is 333 g/mol. The molecule has 0 saturated carbocycles. The van der Waals surface area contributed by atoms with E-state index in [1.807, 2.05) is 0 Å². The summed E-state index contributed by atoms with van der Waals surface area (Å²) in [7, 11) is 0. The van der Waals surface area contributed by atoms with Gasteiger partial charge in [-0.25, -0.2) is 9.78 Å². The molecule has 2 N–H and O–H groups in total. The number of likely N-dealkylation sites (tertiary alicyclic amines) is 1. The standard InChI is InChI=1S/C10H12BrN3O3S/c11-7-4-12-9(18-7)13-10(17)14-3-1-2-6(5-14)8(15)16/h4,6H,1-3,5H2,(H,15,16)(H,12,13,17)/t6-/m0/s1. The van der Waals surface area contributed by atoms with Gasteiger partial charge < -0.3 is 10.0 Å². The highest BCUT2D eigenvalue weighted by atomic mass is 79.9. The van der Waals surface area contributed by atoms with Gasteiger partial charge in [-0.05, 0) is 28.8 Å². The fourth-order valence-electron chi connectivity index (χ4n) is 1.85. The van der Waals surface area contributed by atoms with Gasteiger partial charge in [-0.2, -0.15) is 0 Å². The van der Waals surface area contributed by atoms with Crippen molar-refractivity contribution in [2.24, 2.45) is 5.92 Å². The van der Waals surface area contributed by atoms with Crippen LogP contribution in [0.25, 0.3) is 0 Å². The molecule has 1 aliphatic heterocycles. The van der Waals surface area contributed by atoms with Gasteiger partial charge in [0.25, 0.3) is 0 Å². The number of anilines is 1. The zero-order chi connectivity index (χ0) is 13.1. The number of halogens is 1. The molecule has 1 saturated heterocycles. The van der Waals surface area contributed by atoms with Crippen LogP contribution in [-0.4, -0.2) is 40.1 Å². The van der Waals surface area contributed by atoms with E-state index in [0.717, 1.165) is 3.79 Å². The number of carbonyl (C=O) groups is 2. The maximum Gasteiger partial charge on any atom is 0.323 e.